The minimum Gasteiger partial charge on any atom is -0.367 e. The first-order valence-corrected chi connectivity index (χ1v) is 9.11. The monoisotopic (exact) mass is 364 g/mol. The molecule has 1 aromatic heterocycles. The number of hydrogen-bond acceptors (Lipinski definition) is 3. The lowest BCUT2D eigenvalue weighted by atomic mass is 10.2. The molecule has 1 heterocycles. The molecule has 1 fully saturated rings. The van der Waals surface area contributed by atoms with Crippen LogP contribution in [0.15, 0.2) is 22.7 Å². The Bertz CT molecular complexity index is 733. The number of nitrogens with zero attached hydrogens (tertiary/aromatic N) is 2. The summed E-state index contributed by atoms with van der Waals surface area (Å²) in [6, 6.07) is 2.04. The first-order chi connectivity index (χ1) is 11.1. The van der Waals surface area contributed by atoms with Crippen molar-refractivity contribution < 1.29 is 22.2 Å². The third-order valence-corrected chi connectivity index (χ3v) is 5.41. The lowest BCUT2D eigenvalue weighted by molar-refractivity contribution is -0.141. The number of guanidine groups is 1. The fourth-order valence-electron chi connectivity index (χ4n) is 1.78. The zero-order chi connectivity index (χ0) is 18.0. The Hall–Kier alpha value is -1.81. The van der Waals surface area contributed by atoms with Gasteiger partial charge >= 0.3 is 6.18 Å². The first kappa shape index (κ1) is 18.5. The molecule has 24 heavy (non-hydrogen) atoms. The maximum atomic E-state index is 12.6. The number of nitrogens with one attached hydrogen (secondary N) is 1. The number of aromatic nitrogens is 1. The van der Waals surface area contributed by atoms with Crippen molar-refractivity contribution in [1.82, 2.24) is 10.5 Å². The quantitative estimate of drug-likeness (QED) is 0.273. The van der Waals surface area contributed by atoms with Gasteiger partial charge in [0, 0.05) is 22.9 Å². The number of alkyl halides is 3. The molecule has 10 heteroatoms. The summed E-state index contributed by atoms with van der Waals surface area (Å²) >= 11 is 0. The molecule has 1 aliphatic rings. The van der Waals surface area contributed by atoms with Gasteiger partial charge < -0.3 is 5.73 Å². The number of hydroxylamine groups is 1. The molecule has 2 rings (SSSR count). The van der Waals surface area contributed by atoms with Crippen molar-refractivity contribution in [1.29, 1.82) is 0 Å². The fourth-order valence-corrected chi connectivity index (χ4v) is 2.89. The normalized spacial score (nSPS) is 18.1. The summed E-state index contributed by atoms with van der Waals surface area (Å²) in [5, 5.41) is 0. The molecule has 0 aromatic carbocycles. The van der Waals surface area contributed by atoms with E-state index in [-0.39, 0.29) is 10.8 Å². The molecule has 1 aliphatic carbocycles. The number of rotatable bonds is 5. The highest BCUT2D eigenvalue weighted by atomic mass is 32.2. The molecule has 0 spiro atoms. The van der Waals surface area contributed by atoms with Crippen molar-refractivity contribution in [2.75, 3.05) is 12.9 Å². The van der Waals surface area contributed by atoms with Gasteiger partial charge in [0.1, 0.15) is 5.69 Å². The molecule has 6 nitrogen and oxygen atoms in total. The average Bonchev–Trinajstić information content (AvgIpc) is 3.29. The van der Waals surface area contributed by atoms with Gasteiger partial charge in [-0.1, -0.05) is 6.07 Å². The Kier molecular flexibility index (Phi) is 5.38. The summed E-state index contributed by atoms with van der Waals surface area (Å²) in [5.41, 5.74) is 7.32. The Morgan fingerprint density at radius 1 is 1.50 bits per heavy atom. The van der Waals surface area contributed by atoms with Crippen LogP contribution >= 0.6 is 0 Å². The van der Waals surface area contributed by atoms with E-state index >= 15 is 0 Å². The molecule has 0 aliphatic heterocycles. The molecule has 1 unspecified atom stereocenters. The second-order valence-corrected chi connectivity index (χ2v) is 8.02. The average molecular weight is 364 g/mol. The van der Waals surface area contributed by atoms with E-state index in [0.29, 0.717) is 18.1 Å². The van der Waals surface area contributed by atoms with E-state index in [4.69, 9.17) is 10.6 Å². The molecule has 0 radical (unpaired) electrons. The van der Waals surface area contributed by atoms with Crippen LogP contribution in [0.1, 0.15) is 31.0 Å². The molecule has 1 atom stereocenters. The topological polar surface area (TPSA) is 89.6 Å². The lowest BCUT2D eigenvalue weighted by Gasteiger charge is -2.10. The van der Waals surface area contributed by atoms with Gasteiger partial charge in [-0.15, -0.1) is 0 Å². The van der Waals surface area contributed by atoms with Crippen LogP contribution in [0.4, 0.5) is 13.2 Å². The molecular formula is C14H19F3N4O2S. The van der Waals surface area contributed by atoms with Crippen LogP contribution in [0.3, 0.4) is 0 Å². The third-order valence-electron chi connectivity index (χ3n) is 3.49. The standard InChI is InChI=1S/C14H19F3N4O2S/c1-9(11-5-6-12(19-7-11)14(15,16)17)24(2,22)21-13(18)20-23-8-10-3-4-10/h5-7,10H,3-4,8H2,1-2H3,(H3,18,20,21,22). The number of pyridine rings is 1. The highest BCUT2D eigenvalue weighted by Gasteiger charge is 2.32. The predicted octanol–water partition coefficient (Wildman–Crippen LogP) is 1.72. The van der Waals surface area contributed by atoms with Gasteiger partial charge in [0.05, 0.1) is 16.3 Å². The van der Waals surface area contributed by atoms with E-state index in [9.17, 15) is 17.4 Å². The van der Waals surface area contributed by atoms with Gasteiger partial charge in [-0.05, 0) is 31.7 Å². The second kappa shape index (κ2) is 6.98. The van der Waals surface area contributed by atoms with Crippen molar-refractivity contribution in [2.45, 2.75) is 25.9 Å². The number of hydrogen-bond donors (Lipinski definition) is 2. The smallest absolute Gasteiger partial charge is 0.367 e. The van der Waals surface area contributed by atoms with Crippen LogP contribution in [0.2, 0.25) is 0 Å². The Labute approximate surface area is 138 Å². The largest absolute Gasteiger partial charge is 0.433 e. The van der Waals surface area contributed by atoms with E-state index < -0.39 is 21.6 Å². The highest BCUT2D eigenvalue weighted by Crippen LogP contribution is 2.28. The molecule has 3 N–H and O–H groups in total. The van der Waals surface area contributed by atoms with E-state index in [0.717, 1.165) is 25.1 Å². The molecule has 1 saturated carbocycles. The first-order valence-electron chi connectivity index (χ1n) is 7.19. The Morgan fingerprint density at radius 2 is 2.17 bits per heavy atom. The summed E-state index contributed by atoms with van der Waals surface area (Å²) in [4.78, 5) is 8.75. The zero-order valence-electron chi connectivity index (χ0n) is 13.3. The van der Waals surface area contributed by atoms with Crippen molar-refractivity contribution in [3.63, 3.8) is 0 Å². The zero-order valence-corrected chi connectivity index (χ0v) is 14.1. The van der Waals surface area contributed by atoms with Crippen LogP contribution in [0, 0.1) is 5.92 Å². The van der Waals surface area contributed by atoms with Gasteiger partial charge in [0.25, 0.3) is 0 Å². The summed E-state index contributed by atoms with van der Waals surface area (Å²) in [5.74, 6) is 0.366. The van der Waals surface area contributed by atoms with Crippen molar-refractivity contribution >= 4 is 20.5 Å². The SMILES string of the molecule is CC(c1ccc(C(F)(F)F)nc1)=S(C)(=O)N=C(N)NOCC1CC1. The maximum absolute atomic E-state index is 12.6. The summed E-state index contributed by atoms with van der Waals surface area (Å²) in [6.07, 6.45) is 0.0546. The molecule has 0 amide bonds. The van der Waals surface area contributed by atoms with Gasteiger partial charge in [0.15, 0.2) is 0 Å². The lowest BCUT2D eigenvalue weighted by Crippen LogP contribution is -2.33. The Morgan fingerprint density at radius 3 is 2.67 bits per heavy atom. The van der Waals surface area contributed by atoms with Crippen molar-refractivity contribution in [3.05, 3.63) is 29.6 Å². The van der Waals surface area contributed by atoms with Gasteiger partial charge in [-0.3, -0.25) is 9.82 Å². The van der Waals surface area contributed by atoms with E-state index in [1.165, 1.54) is 19.2 Å². The summed E-state index contributed by atoms with van der Waals surface area (Å²) in [7, 11) is -2.93. The summed E-state index contributed by atoms with van der Waals surface area (Å²) < 4.78 is 54.1. The maximum Gasteiger partial charge on any atom is 0.433 e. The van der Waals surface area contributed by atoms with Gasteiger partial charge in [-0.2, -0.15) is 17.6 Å². The molecule has 1 aromatic rings. The molecule has 0 bridgehead atoms. The van der Waals surface area contributed by atoms with E-state index in [2.05, 4.69) is 14.9 Å². The summed E-state index contributed by atoms with van der Waals surface area (Å²) in [6.45, 7) is 2.00. The third kappa shape index (κ3) is 5.10. The van der Waals surface area contributed by atoms with Crippen LogP contribution in [-0.4, -0.2) is 32.9 Å². The van der Waals surface area contributed by atoms with Crippen molar-refractivity contribution in [2.24, 2.45) is 16.0 Å². The van der Waals surface area contributed by atoms with Crippen molar-refractivity contribution in [3.8, 4) is 0 Å². The van der Waals surface area contributed by atoms with E-state index in [1.54, 1.807) is 0 Å². The molecule has 134 valence electrons. The van der Waals surface area contributed by atoms with Crippen LogP contribution < -0.4 is 11.2 Å². The predicted molar refractivity (Wildman–Crippen MR) is 86.5 cm³/mol. The van der Waals surface area contributed by atoms with Crippen LogP contribution in [-0.2, 0) is 20.7 Å². The van der Waals surface area contributed by atoms with Gasteiger partial charge in [0.2, 0.25) is 5.96 Å². The fraction of sp³-hybridized carbons (Fsp3) is 0.500. The minimum absolute atomic E-state index is 0.151. The number of nitrogens with two attached hydrogens (primary N) is 1. The number of halogens is 3. The highest BCUT2D eigenvalue weighted by molar-refractivity contribution is 8.01. The van der Waals surface area contributed by atoms with Crippen LogP contribution in [0.25, 0.3) is 0 Å². The van der Waals surface area contributed by atoms with E-state index in [1.807, 2.05) is 0 Å². The second-order valence-electron chi connectivity index (χ2n) is 5.62. The molecular weight excluding hydrogens is 345 g/mol. The van der Waals surface area contributed by atoms with Crippen LogP contribution in [0.5, 0.6) is 0 Å². The minimum atomic E-state index is -4.52. The molecule has 0 saturated heterocycles. The van der Waals surface area contributed by atoms with Gasteiger partial charge in [-0.25, -0.2) is 9.69 Å². The Balaban J connectivity index is 2.15.